The Morgan fingerprint density at radius 3 is 2.64 bits per heavy atom. The second-order valence-corrected chi connectivity index (χ2v) is 4.98. The Bertz CT molecular complexity index is 636. The minimum atomic E-state index is -0.290. The average molecular weight is 303 g/mol. The van der Waals surface area contributed by atoms with Gasteiger partial charge in [0, 0.05) is 37.3 Å². The van der Waals surface area contributed by atoms with Crippen LogP contribution < -0.4 is 10.6 Å². The molecule has 0 saturated heterocycles. The number of para-hydroxylation sites is 1. The van der Waals surface area contributed by atoms with Crippen LogP contribution in [0.5, 0.6) is 0 Å². The van der Waals surface area contributed by atoms with Crippen molar-refractivity contribution in [2.24, 2.45) is 0 Å². The maximum atomic E-state index is 11.7. The zero-order chi connectivity index (χ0) is 15.8. The van der Waals surface area contributed by atoms with Crippen LogP contribution >= 0.6 is 0 Å². The molecule has 0 spiro atoms. The van der Waals surface area contributed by atoms with Crippen LogP contribution in [0.2, 0.25) is 0 Å². The summed E-state index contributed by atoms with van der Waals surface area (Å²) in [5, 5.41) is 6.54. The van der Waals surface area contributed by atoms with Crippen molar-refractivity contribution < 1.29 is 14.3 Å². The first kappa shape index (κ1) is 16.0. The number of ether oxygens (including phenoxy) is 1. The van der Waals surface area contributed by atoms with Crippen LogP contribution in [0.15, 0.2) is 30.5 Å². The number of benzene rings is 1. The van der Waals surface area contributed by atoms with E-state index in [1.54, 1.807) is 7.11 Å². The molecule has 0 unspecified atom stereocenters. The number of hydrogen-bond donors (Lipinski definition) is 3. The van der Waals surface area contributed by atoms with E-state index in [1.807, 2.05) is 30.5 Å². The van der Waals surface area contributed by atoms with E-state index in [1.165, 1.54) is 0 Å². The normalized spacial score (nSPS) is 10.6. The Labute approximate surface area is 129 Å². The molecular weight excluding hydrogens is 282 g/mol. The van der Waals surface area contributed by atoms with Crippen LogP contribution in [0.1, 0.15) is 12.0 Å². The lowest BCUT2D eigenvalue weighted by Crippen LogP contribution is -2.34. The van der Waals surface area contributed by atoms with Crippen LogP contribution in [-0.2, 0) is 20.7 Å². The Morgan fingerprint density at radius 2 is 1.86 bits per heavy atom. The summed E-state index contributed by atoms with van der Waals surface area (Å²) in [6, 6.07) is 8.03. The molecule has 2 aromatic rings. The number of carbonyl (C=O) groups excluding carboxylic acids is 2. The Hall–Kier alpha value is -2.34. The van der Waals surface area contributed by atoms with Crippen LogP contribution in [0.25, 0.3) is 10.9 Å². The van der Waals surface area contributed by atoms with Gasteiger partial charge in [-0.1, -0.05) is 18.2 Å². The molecular formula is C16H21N3O3. The fourth-order valence-corrected chi connectivity index (χ4v) is 2.24. The number of methoxy groups -OCH3 is 1. The van der Waals surface area contributed by atoms with Crippen LogP contribution in [0.4, 0.5) is 0 Å². The smallest absolute Gasteiger partial charge is 0.229 e. The van der Waals surface area contributed by atoms with Crippen molar-refractivity contribution in [2.75, 3.05) is 26.8 Å². The minimum Gasteiger partial charge on any atom is -0.383 e. The van der Waals surface area contributed by atoms with Gasteiger partial charge in [-0.15, -0.1) is 0 Å². The van der Waals surface area contributed by atoms with Crippen LogP contribution in [0, 0.1) is 0 Å². The third-order valence-electron chi connectivity index (χ3n) is 3.34. The molecule has 0 aliphatic heterocycles. The molecule has 1 heterocycles. The number of hydrogen-bond acceptors (Lipinski definition) is 3. The molecule has 2 rings (SSSR count). The predicted molar refractivity (Wildman–Crippen MR) is 84.5 cm³/mol. The number of rotatable bonds is 8. The number of aromatic nitrogens is 1. The summed E-state index contributed by atoms with van der Waals surface area (Å²) < 4.78 is 4.82. The van der Waals surface area contributed by atoms with Gasteiger partial charge in [0.25, 0.3) is 0 Å². The van der Waals surface area contributed by atoms with Crippen molar-refractivity contribution in [3.63, 3.8) is 0 Å². The number of aromatic amines is 1. The zero-order valence-electron chi connectivity index (χ0n) is 12.6. The molecule has 1 aromatic carbocycles. The topological polar surface area (TPSA) is 83.2 Å². The van der Waals surface area contributed by atoms with E-state index in [0.29, 0.717) is 19.7 Å². The molecule has 0 aliphatic rings. The third-order valence-corrected chi connectivity index (χ3v) is 3.34. The van der Waals surface area contributed by atoms with Crippen molar-refractivity contribution in [3.05, 3.63) is 36.0 Å². The highest BCUT2D eigenvalue weighted by Gasteiger charge is 2.09. The first-order chi connectivity index (χ1) is 10.7. The highest BCUT2D eigenvalue weighted by Crippen LogP contribution is 2.17. The monoisotopic (exact) mass is 303 g/mol. The molecule has 6 nitrogen and oxygen atoms in total. The largest absolute Gasteiger partial charge is 0.383 e. The van der Waals surface area contributed by atoms with E-state index in [0.717, 1.165) is 22.9 Å². The van der Waals surface area contributed by atoms with Crippen LogP contribution in [-0.4, -0.2) is 43.6 Å². The minimum absolute atomic E-state index is 0.155. The molecule has 0 atom stereocenters. The first-order valence-corrected chi connectivity index (χ1v) is 7.28. The highest BCUT2D eigenvalue weighted by molar-refractivity contribution is 5.96. The average Bonchev–Trinajstić information content (AvgIpc) is 2.91. The molecule has 0 fully saturated rings. The summed E-state index contributed by atoms with van der Waals surface area (Å²) in [4.78, 5) is 26.3. The molecule has 0 aliphatic carbocycles. The lowest BCUT2D eigenvalue weighted by atomic mass is 10.1. The van der Waals surface area contributed by atoms with Gasteiger partial charge in [0.1, 0.15) is 6.42 Å². The molecule has 0 bridgehead atoms. The second kappa shape index (κ2) is 8.19. The molecule has 1 aromatic heterocycles. The van der Waals surface area contributed by atoms with E-state index in [9.17, 15) is 9.59 Å². The van der Waals surface area contributed by atoms with Crippen molar-refractivity contribution in [3.8, 4) is 0 Å². The van der Waals surface area contributed by atoms with Crippen LogP contribution in [0.3, 0.4) is 0 Å². The Balaban J connectivity index is 1.72. The van der Waals surface area contributed by atoms with Gasteiger partial charge in [-0.3, -0.25) is 9.59 Å². The van der Waals surface area contributed by atoms with Gasteiger partial charge in [0.05, 0.1) is 6.61 Å². The van der Waals surface area contributed by atoms with Gasteiger partial charge < -0.3 is 20.4 Å². The van der Waals surface area contributed by atoms with E-state index in [2.05, 4.69) is 15.6 Å². The van der Waals surface area contributed by atoms with Gasteiger partial charge >= 0.3 is 0 Å². The van der Waals surface area contributed by atoms with Crippen molar-refractivity contribution in [2.45, 2.75) is 12.8 Å². The molecule has 118 valence electrons. The molecule has 2 amide bonds. The highest BCUT2D eigenvalue weighted by atomic mass is 16.5. The number of fused-ring (bicyclic) bond motifs is 1. The standard InChI is InChI=1S/C16H21N3O3/c1-22-9-8-18-16(21)10-15(20)17-7-6-12-11-19-14-5-3-2-4-13(12)14/h2-5,11,19H,6-10H2,1H3,(H,17,20)(H,18,21). The summed E-state index contributed by atoms with van der Waals surface area (Å²) in [6.07, 6.45) is 2.52. The van der Waals surface area contributed by atoms with E-state index in [4.69, 9.17) is 4.74 Å². The van der Waals surface area contributed by atoms with Crippen molar-refractivity contribution in [1.82, 2.24) is 15.6 Å². The predicted octanol–water partition coefficient (Wildman–Crippen LogP) is 0.979. The third kappa shape index (κ3) is 4.60. The first-order valence-electron chi connectivity index (χ1n) is 7.28. The quantitative estimate of drug-likeness (QED) is 0.502. The summed E-state index contributed by atoms with van der Waals surface area (Å²) >= 11 is 0. The lowest BCUT2D eigenvalue weighted by molar-refractivity contribution is -0.129. The molecule has 0 saturated carbocycles. The van der Waals surface area contributed by atoms with Gasteiger partial charge in [0.2, 0.25) is 11.8 Å². The number of carbonyl (C=O) groups is 2. The second-order valence-electron chi connectivity index (χ2n) is 4.98. The fraction of sp³-hybridized carbons (Fsp3) is 0.375. The SMILES string of the molecule is COCCNC(=O)CC(=O)NCCc1c[nH]c2ccccc12. The Kier molecular flexibility index (Phi) is 5.97. The fourth-order valence-electron chi connectivity index (χ4n) is 2.24. The van der Waals surface area contributed by atoms with E-state index in [-0.39, 0.29) is 18.2 Å². The van der Waals surface area contributed by atoms with Gasteiger partial charge in [-0.2, -0.15) is 0 Å². The summed E-state index contributed by atoms with van der Waals surface area (Å²) in [5.74, 6) is -0.559. The molecule has 3 N–H and O–H groups in total. The lowest BCUT2D eigenvalue weighted by Gasteiger charge is -2.06. The summed E-state index contributed by atoms with van der Waals surface area (Å²) in [6.45, 7) is 1.36. The molecule has 0 radical (unpaired) electrons. The molecule has 22 heavy (non-hydrogen) atoms. The molecule has 6 heteroatoms. The van der Waals surface area contributed by atoms with Gasteiger partial charge in [-0.05, 0) is 18.1 Å². The maximum absolute atomic E-state index is 11.7. The van der Waals surface area contributed by atoms with Crippen molar-refractivity contribution >= 4 is 22.7 Å². The van der Waals surface area contributed by atoms with E-state index < -0.39 is 0 Å². The Morgan fingerprint density at radius 1 is 1.14 bits per heavy atom. The zero-order valence-corrected chi connectivity index (χ0v) is 12.6. The number of nitrogens with one attached hydrogen (secondary N) is 3. The van der Waals surface area contributed by atoms with Gasteiger partial charge in [-0.25, -0.2) is 0 Å². The summed E-state index contributed by atoms with van der Waals surface area (Å²) in [5.41, 5.74) is 2.24. The maximum Gasteiger partial charge on any atom is 0.229 e. The van der Waals surface area contributed by atoms with E-state index >= 15 is 0 Å². The summed E-state index contributed by atoms with van der Waals surface area (Å²) in [7, 11) is 1.56. The van der Waals surface area contributed by atoms with Crippen molar-refractivity contribution in [1.29, 1.82) is 0 Å². The number of amides is 2. The van der Waals surface area contributed by atoms with Gasteiger partial charge in [0.15, 0.2) is 0 Å². The number of H-pyrrole nitrogens is 1.